The van der Waals surface area contributed by atoms with Crippen LogP contribution in [0.5, 0.6) is 0 Å². The zero-order valence-corrected chi connectivity index (χ0v) is 8.71. The Hall–Kier alpha value is -1.14. The van der Waals surface area contributed by atoms with E-state index in [1.807, 2.05) is 19.1 Å². The molecule has 0 fully saturated rings. The second-order valence-electron chi connectivity index (χ2n) is 2.68. The van der Waals surface area contributed by atoms with Crippen LogP contribution in [0.2, 0.25) is 0 Å². The first kappa shape index (κ1) is 10.9. The predicted molar refractivity (Wildman–Crippen MR) is 53.2 cm³/mol. The highest BCUT2D eigenvalue weighted by atomic mass is 32.2. The van der Waals surface area contributed by atoms with Gasteiger partial charge < -0.3 is 0 Å². The van der Waals surface area contributed by atoms with E-state index in [4.69, 9.17) is 0 Å². The Bertz CT molecular complexity index is 381. The van der Waals surface area contributed by atoms with Gasteiger partial charge in [0.1, 0.15) is 0 Å². The molecule has 1 aromatic rings. The number of nitrogens with one attached hydrogen (secondary N) is 2. The minimum absolute atomic E-state index is 0.0954. The molecule has 78 valence electrons. The normalized spacial score (nSPS) is 12.4. The third-order valence-corrected chi connectivity index (χ3v) is 2.99. The van der Waals surface area contributed by atoms with Crippen molar-refractivity contribution in [1.29, 1.82) is 0 Å². The number of hydrogen-bond donors (Lipinski definition) is 2. The molecule has 5 nitrogen and oxygen atoms in total. The number of aromatic amines is 1. The molecule has 0 aliphatic heterocycles. The summed E-state index contributed by atoms with van der Waals surface area (Å²) in [5.41, 5.74) is 0. The molecule has 0 saturated carbocycles. The lowest BCUT2D eigenvalue weighted by Crippen LogP contribution is -2.24. The summed E-state index contributed by atoms with van der Waals surface area (Å²) in [6.45, 7) is 2.29. The van der Waals surface area contributed by atoms with Crippen LogP contribution in [0.25, 0.3) is 0 Å². The second-order valence-corrected chi connectivity index (χ2v) is 4.41. The van der Waals surface area contributed by atoms with Crippen LogP contribution in [0, 0.1) is 0 Å². The van der Waals surface area contributed by atoms with Crippen molar-refractivity contribution >= 4 is 10.0 Å². The third-order valence-electron chi connectivity index (χ3n) is 1.60. The van der Waals surface area contributed by atoms with Crippen LogP contribution in [-0.4, -0.2) is 25.2 Å². The van der Waals surface area contributed by atoms with E-state index in [1.54, 1.807) is 0 Å². The van der Waals surface area contributed by atoms with Crippen LogP contribution in [0.3, 0.4) is 0 Å². The summed E-state index contributed by atoms with van der Waals surface area (Å²) in [5, 5.41) is 6.07. The number of H-pyrrole nitrogens is 1. The van der Waals surface area contributed by atoms with Crippen molar-refractivity contribution in [1.82, 2.24) is 14.9 Å². The maximum Gasteiger partial charge on any atom is 0.257 e. The molecule has 1 heterocycles. The summed E-state index contributed by atoms with van der Waals surface area (Å²) in [7, 11) is -3.40. The van der Waals surface area contributed by atoms with Gasteiger partial charge in [-0.15, -0.1) is 0 Å². The van der Waals surface area contributed by atoms with Crippen LogP contribution in [-0.2, 0) is 10.0 Å². The molecule has 0 saturated heterocycles. The van der Waals surface area contributed by atoms with Gasteiger partial charge in [0.25, 0.3) is 10.0 Å². The molecule has 0 spiro atoms. The first-order chi connectivity index (χ1) is 6.67. The van der Waals surface area contributed by atoms with Gasteiger partial charge in [-0.1, -0.05) is 12.2 Å². The van der Waals surface area contributed by atoms with E-state index in [9.17, 15) is 8.42 Å². The lowest BCUT2D eigenvalue weighted by atomic mass is 10.4. The summed E-state index contributed by atoms with van der Waals surface area (Å²) in [5.74, 6) is 0. The lowest BCUT2D eigenvalue weighted by Gasteiger charge is -2.01. The molecule has 0 amide bonds. The molecular weight excluding hydrogens is 202 g/mol. The highest BCUT2D eigenvalue weighted by Gasteiger charge is 2.13. The van der Waals surface area contributed by atoms with E-state index in [2.05, 4.69) is 14.9 Å². The van der Waals surface area contributed by atoms with Crippen molar-refractivity contribution in [2.45, 2.75) is 18.4 Å². The SMILES string of the molecule is C/C=C/CCNS(=O)(=O)c1ccn[nH]1. The van der Waals surface area contributed by atoms with Gasteiger partial charge in [-0.3, -0.25) is 5.10 Å². The second kappa shape index (κ2) is 4.92. The molecule has 0 aromatic carbocycles. The minimum Gasteiger partial charge on any atom is -0.266 e. The van der Waals surface area contributed by atoms with Gasteiger partial charge in [-0.25, -0.2) is 13.1 Å². The molecule has 6 heteroatoms. The fourth-order valence-corrected chi connectivity index (χ4v) is 1.87. The first-order valence-corrected chi connectivity index (χ1v) is 5.75. The molecule has 14 heavy (non-hydrogen) atoms. The summed E-state index contributed by atoms with van der Waals surface area (Å²) >= 11 is 0. The number of nitrogens with zero attached hydrogens (tertiary/aromatic N) is 1. The van der Waals surface area contributed by atoms with Crippen molar-refractivity contribution in [3.8, 4) is 0 Å². The number of allylic oxidation sites excluding steroid dienone is 1. The number of aromatic nitrogens is 2. The van der Waals surface area contributed by atoms with E-state index in [-0.39, 0.29) is 5.03 Å². The molecule has 1 rings (SSSR count). The highest BCUT2D eigenvalue weighted by Crippen LogP contribution is 2.01. The van der Waals surface area contributed by atoms with Gasteiger partial charge in [0.15, 0.2) is 5.03 Å². The molecule has 0 aliphatic carbocycles. The molecular formula is C8H13N3O2S. The molecule has 0 unspecified atom stereocenters. The van der Waals surface area contributed by atoms with Crippen molar-refractivity contribution in [2.75, 3.05) is 6.54 Å². The van der Waals surface area contributed by atoms with E-state index in [1.165, 1.54) is 12.3 Å². The lowest BCUT2D eigenvalue weighted by molar-refractivity contribution is 0.578. The Morgan fingerprint density at radius 3 is 3.00 bits per heavy atom. The largest absolute Gasteiger partial charge is 0.266 e. The smallest absolute Gasteiger partial charge is 0.257 e. The van der Waals surface area contributed by atoms with Crippen LogP contribution < -0.4 is 4.72 Å². The van der Waals surface area contributed by atoms with E-state index in [0.29, 0.717) is 13.0 Å². The van der Waals surface area contributed by atoms with Crippen LogP contribution in [0.15, 0.2) is 29.4 Å². The monoisotopic (exact) mass is 215 g/mol. The fraction of sp³-hybridized carbons (Fsp3) is 0.375. The summed E-state index contributed by atoms with van der Waals surface area (Å²) in [4.78, 5) is 0. The Balaban J connectivity index is 2.52. The van der Waals surface area contributed by atoms with Gasteiger partial charge in [-0.2, -0.15) is 5.10 Å². The van der Waals surface area contributed by atoms with Crippen LogP contribution in [0.4, 0.5) is 0 Å². The van der Waals surface area contributed by atoms with Crippen molar-refractivity contribution in [2.24, 2.45) is 0 Å². The van der Waals surface area contributed by atoms with Crippen molar-refractivity contribution < 1.29 is 8.42 Å². The van der Waals surface area contributed by atoms with Gasteiger partial charge in [0.05, 0.1) is 6.20 Å². The predicted octanol–water partition coefficient (Wildman–Crippen LogP) is 0.654. The molecule has 0 aliphatic rings. The quantitative estimate of drug-likeness (QED) is 0.559. The Morgan fingerprint density at radius 1 is 1.64 bits per heavy atom. The highest BCUT2D eigenvalue weighted by molar-refractivity contribution is 7.89. The number of rotatable bonds is 5. The van der Waals surface area contributed by atoms with E-state index >= 15 is 0 Å². The zero-order valence-electron chi connectivity index (χ0n) is 7.90. The van der Waals surface area contributed by atoms with E-state index in [0.717, 1.165) is 0 Å². The molecule has 0 radical (unpaired) electrons. The molecule has 0 bridgehead atoms. The third kappa shape index (κ3) is 2.97. The van der Waals surface area contributed by atoms with Gasteiger partial charge in [-0.05, 0) is 19.4 Å². The van der Waals surface area contributed by atoms with Gasteiger partial charge in [0, 0.05) is 6.54 Å². The van der Waals surface area contributed by atoms with Crippen LogP contribution in [0.1, 0.15) is 13.3 Å². The molecule has 2 N–H and O–H groups in total. The summed E-state index contributed by atoms with van der Waals surface area (Å²) in [6.07, 6.45) is 5.87. The van der Waals surface area contributed by atoms with E-state index < -0.39 is 10.0 Å². The average molecular weight is 215 g/mol. The topological polar surface area (TPSA) is 74.8 Å². The molecule has 0 atom stereocenters. The summed E-state index contributed by atoms with van der Waals surface area (Å²) in [6, 6.07) is 1.41. The maximum absolute atomic E-state index is 11.4. The standard InChI is InChI=1S/C8H13N3O2S/c1-2-3-4-6-10-14(12,13)8-5-7-9-11-8/h2-3,5,7,10H,4,6H2,1H3,(H,9,11)/b3-2+. The Kier molecular flexibility index (Phi) is 3.84. The van der Waals surface area contributed by atoms with Gasteiger partial charge >= 0.3 is 0 Å². The maximum atomic E-state index is 11.4. The summed E-state index contributed by atoms with van der Waals surface area (Å²) < 4.78 is 25.3. The number of sulfonamides is 1. The number of hydrogen-bond acceptors (Lipinski definition) is 3. The Morgan fingerprint density at radius 2 is 2.43 bits per heavy atom. The first-order valence-electron chi connectivity index (χ1n) is 4.27. The van der Waals surface area contributed by atoms with Crippen molar-refractivity contribution in [3.05, 3.63) is 24.4 Å². The van der Waals surface area contributed by atoms with Gasteiger partial charge in [0.2, 0.25) is 0 Å². The van der Waals surface area contributed by atoms with Crippen molar-refractivity contribution in [3.63, 3.8) is 0 Å². The molecule has 1 aromatic heterocycles. The fourth-order valence-electron chi connectivity index (χ4n) is 0.914. The Labute approximate surface area is 83.3 Å². The average Bonchev–Trinajstić information content (AvgIpc) is 2.65. The van der Waals surface area contributed by atoms with Crippen LogP contribution >= 0.6 is 0 Å². The minimum atomic E-state index is -3.40. The zero-order chi connectivity index (χ0) is 10.4.